The van der Waals surface area contributed by atoms with Gasteiger partial charge in [-0.1, -0.05) is 28.4 Å². The molecule has 0 aliphatic carbocycles. The summed E-state index contributed by atoms with van der Waals surface area (Å²) in [4.78, 5) is 0. The van der Waals surface area contributed by atoms with E-state index in [4.69, 9.17) is 0 Å². The van der Waals surface area contributed by atoms with E-state index in [2.05, 4.69) is 21.2 Å². The van der Waals surface area contributed by atoms with Crippen molar-refractivity contribution in [2.45, 2.75) is 25.8 Å². The van der Waals surface area contributed by atoms with Crippen molar-refractivity contribution in [3.05, 3.63) is 35.4 Å². The van der Waals surface area contributed by atoms with Crippen molar-refractivity contribution in [1.82, 2.24) is 5.32 Å². The Morgan fingerprint density at radius 1 is 1.12 bits per heavy atom. The van der Waals surface area contributed by atoms with Crippen LogP contribution in [-0.2, 0) is 6.54 Å². The Balaban J connectivity index is 2.21. The zero-order valence-electron chi connectivity index (χ0n) is 9.11. The molecule has 0 unspecified atom stereocenters. The highest BCUT2D eigenvalue weighted by Crippen LogP contribution is 2.09. The first-order valence-electron chi connectivity index (χ1n) is 5.44. The first-order valence-corrected chi connectivity index (χ1v) is 6.57. The molecule has 0 aliphatic rings. The third kappa shape index (κ3) is 5.03. The first kappa shape index (κ1) is 13.6. The fraction of sp³-hybridized carbons (Fsp3) is 0.500. The minimum absolute atomic E-state index is 0.459. The zero-order valence-corrected chi connectivity index (χ0v) is 10.7. The van der Waals surface area contributed by atoms with Gasteiger partial charge in [-0.25, -0.2) is 8.78 Å². The average Bonchev–Trinajstić information content (AvgIpc) is 2.26. The van der Waals surface area contributed by atoms with Gasteiger partial charge in [-0.15, -0.1) is 0 Å². The van der Waals surface area contributed by atoms with E-state index in [1.807, 2.05) is 0 Å². The fourth-order valence-electron chi connectivity index (χ4n) is 1.41. The van der Waals surface area contributed by atoms with Crippen molar-refractivity contribution in [3.8, 4) is 0 Å². The third-order valence-corrected chi connectivity index (χ3v) is 2.88. The summed E-state index contributed by atoms with van der Waals surface area (Å²) in [6.45, 7) is 1.32. The van der Waals surface area contributed by atoms with Crippen molar-refractivity contribution in [1.29, 1.82) is 0 Å². The molecule has 1 nitrogen and oxygen atoms in total. The molecule has 0 radical (unpaired) electrons. The third-order valence-electron chi connectivity index (χ3n) is 2.32. The van der Waals surface area contributed by atoms with Crippen molar-refractivity contribution in [2.24, 2.45) is 0 Å². The molecule has 16 heavy (non-hydrogen) atoms. The maximum Gasteiger partial charge on any atom is 0.130 e. The number of rotatable bonds is 7. The molecule has 90 valence electrons. The van der Waals surface area contributed by atoms with Gasteiger partial charge in [-0.3, -0.25) is 0 Å². The molecule has 1 rings (SSSR count). The van der Waals surface area contributed by atoms with E-state index in [9.17, 15) is 8.78 Å². The second-order valence-electron chi connectivity index (χ2n) is 3.66. The SMILES string of the molecule is Fc1ccc(CNCCCCCBr)c(F)c1. The molecule has 0 heterocycles. The average molecular weight is 292 g/mol. The number of benzene rings is 1. The van der Waals surface area contributed by atoms with E-state index < -0.39 is 11.6 Å². The lowest BCUT2D eigenvalue weighted by Gasteiger charge is -2.05. The van der Waals surface area contributed by atoms with Gasteiger partial charge in [-0.2, -0.15) is 0 Å². The lowest BCUT2D eigenvalue weighted by Crippen LogP contribution is -2.15. The Morgan fingerprint density at radius 3 is 2.62 bits per heavy atom. The van der Waals surface area contributed by atoms with Gasteiger partial charge in [0.2, 0.25) is 0 Å². The highest BCUT2D eigenvalue weighted by molar-refractivity contribution is 9.09. The lowest BCUT2D eigenvalue weighted by molar-refractivity contribution is 0.554. The number of hydrogen-bond donors (Lipinski definition) is 1. The highest BCUT2D eigenvalue weighted by Gasteiger charge is 2.02. The van der Waals surface area contributed by atoms with Crippen LogP contribution in [0.5, 0.6) is 0 Å². The number of alkyl halides is 1. The second-order valence-corrected chi connectivity index (χ2v) is 4.46. The summed E-state index contributed by atoms with van der Waals surface area (Å²) in [5.41, 5.74) is 0.516. The smallest absolute Gasteiger partial charge is 0.130 e. The molecule has 0 saturated heterocycles. The topological polar surface area (TPSA) is 12.0 Å². The van der Waals surface area contributed by atoms with E-state index in [1.165, 1.54) is 12.1 Å². The van der Waals surface area contributed by atoms with Crippen LogP contribution in [0.4, 0.5) is 8.78 Å². The standard InChI is InChI=1S/C12H16BrF2N/c13-6-2-1-3-7-16-9-10-4-5-11(14)8-12(10)15/h4-5,8,16H,1-3,6-7,9H2. The largest absolute Gasteiger partial charge is 0.313 e. The molecule has 0 aliphatic heterocycles. The Bertz CT molecular complexity index is 318. The van der Waals surface area contributed by atoms with Gasteiger partial charge < -0.3 is 5.32 Å². The van der Waals surface area contributed by atoms with E-state index in [-0.39, 0.29) is 0 Å². The number of halogens is 3. The molecule has 1 aromatic carbocycles. The maximum absolute atomic E-state index is 13.2. The number of unbranched alkanes of at least 4 members (excludes halogenated alkanes) is 2. The van der Waals surface area contributed by atoms with E-state index >= 15 is 0 Å². The van der Waals surface area contributed by atoms with Crippen LogP contribution in [0.1, 0.15) is 24.8 Å². The Hall–Kier alpha value is -0.480. The predicted molar refractivity (Wildman–Crippen MR) is 65.7 cm³/mol. The van der Waals surface area contributed by atoms with Crippen LogP contribution in [0.2, 0.25) is 0 Å². The molecule has 0 saturated carbocycles. The second kappa shape index (κ2) is 7.74. The van der Waals surface area contributed by atoms with Gasteiger partial charge in [0.15, 0.2) is 0 Å². The van der Waals surface area contributed by atoms with Crippen molar-refractivity contribution >= 4 is 15.9 Å². The molecule has 0 fully saturated rings. The fourth-order valence-corrected chi connectivity index (χ4v) is 1.81. The van der Waals surface area contributed by atoms with Crippen molar-refractivity contribution in [3.63, 3.8) is 0 Å². The summed E-state index contributed by atoms with van der Waals surface area (Å²) in [7, 11) is 0. The van der Waals surface area contributed by atoms with Gasteiger partial charge in [0.25, 0.3) is 0 Å². The summed E-state index contributed by atoms with van der Waals surface area (Å²) < 4.78 is 25.8. The number of hydrogen-bond acceptors (Lipinski definition) is 1. The van der Waals surface area contributed by atoms with E-state index in [0.717, 1.165) is 37.2 Å². The summed E-state index contributed by atoms with van der Waals surface area (Å²) in [6, 6.07) is 3.68. The molecule has 1 N–H and O–H groups in total. The first-order chi connectivity index (χ1) is 7.74. The van der Waals surface area contributed by atoms with Crippen LogP contribution >= 0.6 is 15.9 Å². The van der Waals surface area contributed by atoms with Crippen LogP contribution < -0.4 is 5.32 Å². The van der Waals surface area contributed by atoms with Crippen LogP contribution in [0, 0.1) is 11.6 Å². The summed E-state index contributed by atoms with van der Waals surface area (Å²) in [6.07, 6.45) is 3.39. The monoisotopic (exact) mass is 291 g/mol. The molecular weight excluding hydrogens is 276 g/mol. The minimum Gasteiger partial charge on any atom is -0.313 e. The van der Waals surface area contributed by atoms with Crippen LogP contribution in [-0.4, -0.2) is 11.9 Å². The quantitative estimate of drug-likeness (QED) is 0.598. The maximum atomic E-state index is 13.2. The van der Waals surface area contributed by atoms with Gasteiger partial charge in [0, 0.05) is 23.5 Å². The van der Waals surface area contributed by atoms with Crippen LogP contribution in [0.25, 0.3) is 0 Å². The Morgan fingerprint density at radius 2 is 1.94 bits per heavy atom. The Kier molecular flexibility index (Phi) is 6.57. The summed E-state index contributed by atoms with van der Waals surface area (Å²) in [5.74, 6) is -1.01. The molecule has 0 spiro atoms. The van der Waals surface area contributed by atoms with Crippen LogP contribution in [0.3, 0.4) is 0 Å². The van der Waals surface area contributed by atoms with Gasteiger partial charge in [0.05, 0.1) is 0 Å². The minimum atomic E-state index is -0.529. The van der Waals surface area contributed by atoms with Crippen molar-refractivity contribution in [2.75, 3.05) is 11.9 Å². The molecule has 1 aromatic rings. The molecule has 0 aromatic heterocycles. The molecule has 0 amide bonds. The lowest BCUT2D eigenvalue weighted by atomic mass is 10.2. The van der Waals surface area contributed by atoms with Gasteiger partial charge in [-0.05, 0) is 25.5 Å². The molecule has 0 atom stereocenters. The van der Waals surface area contributed by atoms with Crippen molar-refractivity contribution < 1.29 is 8.78 Å². The van der Waals surface area contributed by atoms with Gasteiger partial charge >= 0.3 is 0 Å². The molecular formula is C12H16BrF2N. The summed E-state index contributed by atoms with van der Waals surface area (Å²) >= 11 is 3.37. The summed E-state index contributed by atoms with van der Waals surface area (Å²) in [5, 5.41) is 4.17. The predicted octanol–water partition coefficient (Wildman–Crippen LogP) is 3.62. The van der Waals surface area contributed by atoms with E-state index in [0.29, 0.717) is 12.1 Å². The Labute approximate surface area is 103 Å². The zero-order chi connectivity index (χ0) is 11.8. The van der Waals surface area contributed by atoms with E-state index in [1.54, 1.807) is 0 Å². The highest BCUT2D eigenvalue weighted by atomic mass is 79.9. The molecule has 4 heteroatoms. The van der Waals surface area contributed by atoms with Crippen LogP contribution in [0.15, 0.2) is 18.2 Å². The number of nitrogens with one attached hydrogen (secondary N) is 1. The van der Waals surface area contributed by atoms with Gasteiger partial charge in [0.1, 0.15) is 11.6 Å². The normalized spacial score (nSPS) is 10.7. The molecule has 0 bridgehead atoms.